The third-order valence-electron chi connectivity index (χ3n) is 4.95. The van der Waals surface area contributed by atoms with Gasteiger partial charge in [-0.25, -0.2) is 4.98 Å². The average Bonchev–Trinajstić information content (AvgIpc) is 3.50. The van der Waals surface area contributed by atoms with Crippen molar-refractivity contribution < 1.29 is 9.59 Å². The topological polar surface area (TPSA) is 76.0 Å². The molecule has 0 saturated heterocycles. The first-order chi connectivity index (χ1) is 14.6. The van der Waals surface area contributed by atoms with Gasteiger partial charge in [-0.1, -0.05) is 42.1 Å². The number of rotatable bonds is 8. The Bertz CT molecular complexity index is 1060. The van der Waals surface area contributed by atoms with Gasteiger partial charge in [0.2, 0.25) is 11.8 Å². The summed E-state index contributed by atoms with van der Waals surface area (Å²) in [5.74, 6) is 0.460. The SMILES string of the molecule is Cc1ccccc1-n1ccnc1SCC(=O)NCc1cccc(NC(=O)C2CC2)c1. The van der Waals surface area contributed by atoms with Gasteiger partial charge in [0, 0.05) is 30.5 Å². The van der Waals surface area contributed by atoms with Gasteiger partial charge in [0.15, 0.2) is 5.16 Å². The summed E-state index contributed by atoms with van der Waals surface area (Å²) in [6.45, 7) is 2.47. The molecule has 1 fully saturated rings. The molecule has 154 valence electrons. The Labute approximate surface area is 180 Å². The van der Waals surface area contributed by atoms with Crippen molar-refractivity contribution in [2.45, 2.75) is 31.5 Å². The van der Waals surface area contributed by atoms with Crippen LogP contribution in [0.4, 0.5) is 5.69 Å². The number of benzene rings is 2. The number of thioether (sulfide) groups is 1. The number of nitrogens with one attached hydrogen (secondary N) is 2. The van der Waals surface area contributed by atoms with E-state index >= 15 is 0 Å². The Hall–Kier alpha value is -3.06. The van der Waals surface area contributed by atoms with Crippen molar-refractivity contribution in [3.05, 3.63) is 72.1 Å². The number of aryl methyl sites for hydroxylation is 1. The first-order valence-electron chi connectivity index (χ1n) is 9.99. The van der Waals surface area contributed by atoms with Crippen LogP contribution in [0.2, 0.25) is 0 Å². The van der Waals surface area contributed by atoms with Crippen LogP contribution in [0.15, 0.2) is 66.1 Å². The van der Waals surface area contributed by atoms with Crippen LogP contribution in [-0.4, -0.2) is 27.1 Å². The highest BCUT2D eigenvalue weighted by atomic mass is 32.2. The van der Waals surface area contributed by atoms with Gasteiger partial charge in [0.1, 0.15) is 0 Å². The summed E-state index contributed by atoms with van der Waals surface area (Å²) in [4.78, 5) is 28.6. The number of anilines is 1. The van der Waals surface area contributed by atoms with Gasteiger partial charge in [0.05, 0.1) is 11.4 Å². The molecule has 1 aliphatic carbocycles. The minimum atomic E-state index is -0.0632. The van der Waals surface area contributed by atoms with Crippen LogP contribution in [0, 0.1) is 12.8 Å². The molecule has 0 radical (unpaired) electrons. The van der Waals surface area contributed by atoms with E-state index in [1.807, 2.05) is 53.2 Å². The Morgan fingerprint density at radius 2 is 2.00 bits per heavy atom. The predicted molar refractivity (Wildman–Crippen MR) is 119 cm³/mol. The van der Waals surface area contributed by atoms with Crippen LogP contribution in [0.5, 0.6) is 0 Å². The molecule has 2 amide bonds. The number of carbonyl (C=O) groups is 2. The van der Waals surface area contributed by atoms with Crippen LogP contribution in [-0.2, 0) is 16.1 Å². The van der Waals surface area contributed by atoms with Crippen molar-refractivity contribution in [3.63, 3.8) is 0 Å². The second-order valence-electron chi connectivity index (χ2n) is 7.40. The fraction of sp³-hybridized carbons (Fsp3) is 0.261. The summed E-state index contributed by atoms with van der Waals surface area (Å²) >= 11 is 1.41. The van der Waals surface area contributed by atoms with Gasteiger partial charge < -0.3 is 10.6 Å². The number of amides is 2. The first kappa shape index (κ1) is 20.2. The van der Waals surface area contributed by atoms with Crippen LogP contribution in [0.25, 0.3) is 5.69 Å². The minimum Gasteiger partial charge on any atom is -0.351 e. The number of nitrogens with zero attached hydrogens (tertiary/aromatic N) is 2. The van der Waals surface area contributed by atoms with Gasteiger partial charge in [-0.2, -0.15) is 0 Å². The van der Waals surface area contributed by atoms with Gasteiger partial charge in [0.25, 0.3) is 0 Å². The highest BCUT2D eigenvalue weighted by Gasteiger charge is 2.29. The van der Waals surface area contributed by atoms with Gasteiger partial charge in [-0.05, 0) is 49.1 Å². The smallest absolute Gasteiger partial charge is 0.230 e. The monoisotopic (exact) mass is 420 g/mol. The van der Waals surface area contributed by atoms with Crippen LogP contribution in [0.3, 0.4) is 0 Å². The molecule has 1 heterocycles. The summed E-state index contributed by atoms with van der Waals surface area (Å²) in [5.41, 5.74) is 3.93. The van der Waals surface area contributed by atoms with E-state index < -0.39 is 0 Å². The molecular weight excluding hydrogens is 396 g/mol. The quantitative estimate of drug-likeness (QED) is 0.541. The molecule has 7 heteroatoms. The third-order valence-corrected chi connectivity index (χ3v) is 5.91. The number of imidazole rings is 1. The lowest BCUT2D eigenvalue weighted by Crippen LogP contribution is -2.24. The summed E-state index contributed by atoms with van der Waals surface area (Å²) in [6, 6.07) is 15.7. The largest absolute Gasteiger partial charge is 0.351 e. The molecule has 30 heavy (non-hydrogen) atoms. The highest BCUT2D eigenvalue weighted by Crippen LogP contribution is 2.30. The van der Waals surface area contributed by atoms with E-state index in [0.717, 1.165) is 40.5 Å². The molecule has 3 aromatic rings. The maximum atomic E-state index is 12.3. The molecule has 0 aliphatic heterocycles. The lowest BCUT2D eigenvalue weighted by atomic mass is 10.2. The summed E-state index contributed by atoms with van der Waals surface area (Å²) < 4.78 is 2.00. The number of hydrogen-bond acceptors (Lipinski definition) is 4. The zero-order valence-electron chi connectivity index (χ0n) is 16.8. The predicted octanol–water partition coefficient (Wildman–Crippen LogP) is 3.94. The maximum Gasteiger partial charge on any atom is 0.230 e. The van der Waals surface area contributed by atoms with Crippen molar-refractivity contribution in [3.8, 4) is 5.69 Å². The van der Waals surface area contributed by atoms with Crippen molar-refractivity contribution >= 4 is 29.3 Å². The molecule has 1 aromatic heterocycles. The van der Waals surface area contributed by atoms with Crippen molar-refractivity contribution in [2.24, 2.45) is 5.92 Å². The highest BCUT2D eigenvalue weighted by molar-refractivity contribution is 7.99. The van der Waals surface area contributed by atoms with Gasteiger partial charge in [-0.3, -0.25) is 14.2 Å². The first-order valence-corrected chi connectivity index (χ1v) is 11.0. The lowest BCUT2D eigenvalue weighted by Gasteiger charge is -2.11. The normalized spacial score (nSPS) is 13.1. The summed E-state index contributed by atoms with van der Waals surface area (Å²) in [6.07, 6.45) is 5.60. The fourth-order valence-electron chi connectivity index (χ4n) is 3.14. The number of para-hydroxylation sites is 1. The lowest BCUT2D eigenvalue weighted by molar-refractivity contribution is -0.119. The molecule has 0 atom stereocenters. The fourth-order valence-corrected chi connectivity index (χ4v) is 3.94. The summed E-state index contributed by atoms with van der Waals surface area (Å²) in [7, 11) is 0. The molecule has 0 spiro atoms. The molecule has 4 rings (SSSR count). The van der Waals surface area contributed by atoms with Crippen LogP contribution < -0.4 is 10.6 Å². The minimum absolute atomic E-state index is 0.0632. The second kappa shape index (κ2) is 9.17. The number of hydrogen-bond donors (Lipinski definition) is 2. The number of aromatic nitrogens is 2. The van der Waals surface area contributed by atoms with E-state index in [1.54, 1.807) is 6.20 Å². The molecule has 6 nitrogen and oxygen atoms in total. The van der Waals surface area contributed by atoms with Crippen molar-refractivity contribution in [1.82, 2.24) is 14.9 Å². The molecular formula is C23H24N4O2S. The van der Waals surface area contributed by atoms with E-state index in [0.29, 0.717) is 6.54 Å². The van der Waals surface area contributed by atoms with Crippen LogP contribution in [0.1, 0.15) is 24.0 Å². The molecule has 0 unspecified atom stereocenters. The standard InChI is InChI=1S/C23H24N4O2S/c1-16-5-2-3-8-20(16)27-12-11-24-23(27)30-15-21(28)25-14-17-6-4-7-19(13-17)26-22(29)18-9-10-18/h2-8,11-13,18H,9-10,14-15H2,1H3,(H,25,28)(H,26,29). The van der Waals surface area contributed by atoms with Crippen LogP contribution >= 0.6 is 11.8 Å². The molecule has 1 saturated carbocycles. The zero-order chi connectivity index (χ0) is 20.9. The zero-order valence-corrected chi connectivity index (χ0v) is 17.6. The Balaban J connectivity index is 1.30. The Kier molecular flexibility index (Phi) is 6.18. The van der Waals surface area contributed by atoms with Crippen molar-refractivity contribution in [2.75, 3.05) is 11.1 Å². The average molecular weight is 421 g/mol. The van der Waals surface area contributed by atoms with E-state index in [1.165, 1.54) is 11.8 Å². The Morgan fingerprint density at radius 1 is 1.17 bits per heavy atom. The van der Waals surface area contributed by atoms with Gasteiger partial charge in [-0.15, -0.1) is 0 Å². The second-order valence-corrected chi connectivity index (χ2v) is 8.34. The Morgan fingerprint density at radius 3 is 2.80 bits per heavy atom. The summed E-state index contributed by atoms with van der Waals surface area (Å²) in [5, 5.41) is 6.65. The van der Waals surface area contributed by atoms with Crippen molar-refractivity contribution in [1.29, 1.82) is 0 Å². The van der Waals surface area contributed by atoms with E-state index in [-0.39, 0.29) is 23.5 Å². The van der Waals surface area contributed by atoms with E-state index in [2.05, 4.69) is 28.6 Å². The van der Waals surface area contributed by atoms with E-state index in [9.17, 15) is 9.59 Å². The molecule has 2 N–H and O–H groups in total. The maximum absolute atomic E-state index is 12.3. The van der Waals surface area contributed by atoms with E-state index in [4.69, 9.17) is 0 Å². The molecule has 0 bridgehead atoms. The van der Waals surface area contributed by atoms with Gasteiger partial charge >= 0.3 is 0 Å². The third kappa shape index (κ3) is 5.10. The number of carbonyl (C=O) groups excluding carboxylic acids is 2. The molecule has 2 aromatic carbocycles. The molecule has 1 aliphatic rings.